The van der Waals surface area contributed by atoms with Crippen LogP contribution in [0.2, 0.25) is 0 Å². The molecule has 1 amide bonds. The van der Waals surface area contributed by atoms with Crippen LogP contribution in [0.1, 0.15) is 16.1 Å². The molecule has 0 radical (unpaired) electrons. The van der Waals surface area contributed by atoms with E-state index in [4.69, 9.17) is 14.6 Å². The smallest absolute Gasteiger partial charge is 0.341 e. The standard InChI is InChI=1S/C18H21N3O6/c1-26-11-10-21-16(22)7-6-15(20-21)18(25)19-9-8-13-2-4-14(5-3-13)27-12-17(23)24/h2-7H,8-12H2,1H3,(H,19,25)(H,23,24). The van der Waals surface area contributed by atoms with Crippen LogP contribution in [0.3, 0.4) is 0 Å². The highest BCUT2D eigenvalue weighted by atomic mass is 16.5. The number of carbonyl (C=O) groups excluding carboxylic acids is 1. The zero-order valence-corrected chi connectivity index (χ0v) is 14.9. The Balaban J connectivity index is 1.85. The van der Waals surface area contributed by atoms with Crippen LogP contribution in [0.4, 0.5) is 0 Å². The highest BCUT2D eigenvalue weighted by Gasteiger charge is 2.09. The molecule has 1 aromatic heterocycles. The lowest BCUT2D eigenvalue weighted by molar-refractivity contribution is -0.139. The highest BCUT2D eigenvalue weighted by Crippen LogP contribution is 2.12. The van der Waals surface area contributed by atoms with E-state index >= 15 is 0 Å². The van der Waals surface area contributed by atoms with Gasteiger partial charge in [0.25, 0.3) is 11.5 Å². The summed E-state index contributed by atoms with van der Waals surface area (Å²) in [6, 6.07) is 9.63. The number of nitrogens with zero attached hydrogens (tertiary/aromatic N) is 2. The van der Waals surface area contributed by atoms with Crippen molar-refractivity contribution >= 4 is 11.9 Å². The second kappa shape index (κ2) is 10.1. The van der Waals surface area contributed by atoms with Gasteiger partial charge in [0.15, 0.2) is 6.61 Å². The number of hydrogen-bond donors (Lipinski definition) is 2. The van der Waals surface area contributed by atoms with Crippen molar-refractivity contribution in [3.05, 3.63) is 58.0 Å². The van der Waals surface area contributed by atoms with Crippen molar-refractivity contribution in [1.29, 1.82) is 0 Å². The average molecular weight is 375 g/mol. The Morgan fingerprint density at radius 3 is 2.59 bits per heavy atom. The summed E-state index contributed by atoms with van der Waals surface area (Å²) < 4.78 is 11.2. The van der Waals surface area contributed by atoms with Crippen LogP contribution in [0.25, 0.3) is 0 Å². The number of hydrogen-bond acceptors (Lipinski definition) is 6. The summed E-state index contributed by atoms with van der Waals surface area (Å²) in [6.45, 7) is 0.582. The first-order valence-corrected chi connectivity index (χ1v) is 8.28. The number of benzene rings is 1. The van der Waals surface area contributed by atoms with Gasteiger partial charge < -0.3 is 19.9 Å². The van der Waals surface area contributed by atoms with Gasteiger partial charge in [0.1, 0.15) is 11.4 Å². The van der Waals surface area contributed by atoms with Crippen LogP contribution in [0.15, 0.2) is 41.2 Å². The molecule has 144 valence electrons. The lowest BCUT2D eigenvalue weighted by Gasteiger charge is -2.08. The van der Waals surface area contributed by atoms with Crippen LogP contribution in [-0.4, -0.2) is 53.6 Å². The van der Waals surface area contributed by atoms with Crippen molar-refractivity contribution in [3.63, 3.8) is 0 Å². The summed E-state index contributed by atoms with van der Waals surface area (Å²) in [4.78, 5) is 34.3. The Labute approximate surface area is 155 Å². The summed E-state index contributed by atoms with van der Waals surface area (Å²) >= 11 is 0. The SMILES string of the molecule is COCCn1nc(C(=O)NCCc2ccc(OCC(=O)O)cc2)ccc1=O. The molecule has 0 saturated carbocycles. The zero-order chi connectivity index (χ0) is 19.6. The maximum atomic E-state index is 12.2. The molecule has 27 heavy (non-hydrogen) atoms. The van der Waals surface area contributed by atoms with Crippen molar-refractivity contribution in [1.82, 2.24) is 15.1 Å². The third-order valence-electron chi connectivity index (χ3n) is 3.59. The van der Waals surface area contributed by atoms with Crippen molar-refractivity contribution in [3.8, 4) is 5.75 Å². The fourth-order valence-electron chi connectivity index (χ4n) is 2.22. The number of aliphatic carboxylic acids is 1. The van der Waals surface area contributed by atoms with Gasteiger partial charge in [0.05, 0.1) is 13.2 Å². The quantitative estimate of drug-likeness (QED) is 0.614. The topological polar surface area (TPSA) is 120 Å². The molecule has 9 nitrogen and oxygen atoms in total. The maximum Gasteiger partial charge on any atom is 0.341 e. The van der Waals surface area contributed by atoms with Crippen molar-refractivity contribution in [2.45, 2.75) is 13.0 Å². The molecule has 0 spiro atoms. The minimum atomic E-state index is -1.04. The molecule has 0 atom stereocenters. The summed E-state index contributed by atoms with van der Waals surface area (Å²) in [6.07, 6.45) is 0.578. The number of carboxylic acids is 1. The number of rotatable bonds is 10. The van der Waals surface area contributed by atoms with Gasteiger partial charge in [-0.2, -0.15) is 5.10 Å². The number of methoxy groups -OCH3 is 1. The van der Waals surface area contributed by atoms with E-state index in [1.807, 2.05) is 0 Å². The van der Waals surface area contributed by atoms with E-state index in [0.717, 1.165) is 5.56 Å². The molecule has 2 aromatic rings. The molecular formula is C18H21N3O6. The van der Waals surface area contributed by atoms with Crippen LogP contribution < -0.4 is 15.6 Å². The Morgan fingerprint density at radius 2 is 1.93 bits per heavy atom. The van der Waals surface area contributed by atoms with Crippen molar-refractivity contribution < 1.29 is 24.2 Å². The first kappa shape index (κ1) is 20.1. The van der Waals surface area contributed by atoms with Crippen LogP contribution in [-0.2, 0) is 22.5 Å². The van der Waals surface area contributed by atoms with E-state index in [9.17, 15) is 14.4 Å². The highest BCUT2D eigenvalue weighted by molar-refractivity contribution is 5.91. The monoisotopic (exact) mass is 375 g/mol. The van der Waals surface area contributed by atoms with Gasteiger partial charge in [-0.25, -0.2) is 9.48 Å². The maximum absolute atomic E-state index is 12.2. The number of aromatic nitrogens is 2. The van der Waals surface area contributed by atoms with Gasteiger partial charge in [-0.15, -0.1) is 0 Å². The Hall–Kier alpha value is -3.20. The van der Waals surface area contributed by atoms with Gasteiger partial charge in [0.2, 0.25) is 0 Å². The molecule has 0 bridgehead atoms. The summed E-state index contributed by atoms with van der Waals surface area (Å²) in [5.74, 6) is -0.945. The average Bonchev–Trinajstić information content (AvgIpc) is 2.66. The van der Waals surface area contributed by atoms with E-state index in [1.54, 1.807) is 24.3 Å². The Morgan fingerprint density at radius 1 is 1.19 bits per heavy atom. The summed E-state index contributed by atoms with van der Waals surface area (Å²) in [7, 11) is 1.52. The van der Waals surface area contributed by atoms with E-state index in [1.165, 1.54) is 23.9 Å². The van der Waals surface area contributed by atoms with E-state index in [0.29, 0.717) is 25.3 Å². The summed E-state index contributed by atoms with van der Waals surface area (Å²) in [5.41, 5.74) is 0.813. The largest absolute Gasteiger partial charge is 0.482 e. The van der Waals surface area contributed by atoms with E-state index in [2.05, 4.69) is 10.4 Å². The number of nitrogens with one attached hydrogen (secondary N) is 1. The number of carboxylic acid groups (broad SMARTS) is 1. The van der Waals surface area contributed by atoms with E-state index < -0.39 is 12.6 Å². The second-order valence-electron chi connectivity index (χ2n) is 5.61. The van der Waals surface area contributed by atoms with Gasteiger partial charge >= 0.3 is 5.97 Å². The first-order chi connectivity index (χ1) is 13.0. The summed E-state index contributed by atoms with van der Waals surface area (Å²) in [5, 5.41) is 15.3. The molecule has 0 fully saturated rings. The van der Waals surface area contributed by atoms with Crippen LogP contribution in [0, 0.1) is 0 Å². The lowest BCUT2D eigenvalue weighted by atomic mass is 10.1. The molecule has 1 aromatic carbocycles. The lowest BCUT2D eigenvalue weighted by Crippen LogP contribution is -2.31. The Kier molecular flexibility index (Phi) is 7.50. The molecule has 0 saturated heterocycles. The minimum Gasteiger partial charge on any atom is -0.482 e. The van der Waals surface area contributed by atoms with Gasteiger partial charge in [-0.05, 0) is 30.2 Å². The van der Waals surface area contributed by atoms with Crippen LogP contribution >= 0.6 is 0 Å². The van der Waals surface area contributed by atoms with E-state index in [-0.39, 0.29) is 23.7 Å². The first-order valence-electron chi connectivity index (χ1n) is 8.28. The molecular weight excluding hydrogens is 354 g/mol. The third kappa shape index (κ3) is 6.55. The van der Waals surface area contributed by atoms with Gasteiger partial charge in [0, 0.05) is 19.7 Å². The minimum absolute atomic E-state index is 0.156. The Bertz CT molecular complexity index is 832. The molecule has 1 heterocycles. The van der Waals surface area contributed by atoms with Gasteiger partial charge in [-0.3, -0.25) is 9.59 Å². The fraction of sp³-hybridized carbons (Fsp3) is 0.333. The van der Waals surface area contributed by atoms with Crippen molar-refractivity contribution in [2.75, 3.05) is 26.9 Å². The number of ether oxygens (including phenoxy) is 2. The third-order valence-corrected chi connectivity index (χ3v) is 3.59. The molecule has 0 aliphatic rings. The normalized spacial score (nSPS) is 10.4. The second-order valence-corrected chi connectivity index (χ2v) is 5.61. The molecule has 9 heteroatoms. The molecule has 0 unspecified atom stereocenters. The number of amides is 1. The predicted molar refractivity (Wildman–Crippen MR) is 96.0 cm³/mol. The predicted octanol–water partition coefficient (Wildman–Crippen LogP) is 0.326. The molecule has 2 rings (SSSR count). The molecule has 2 N–H and O–H groups in total. The fourth-order valence-corrected chi connectivity index (χ4v) is 2.22. The molecule has 0 aliphatic heterocycles. The van der Waals surface area contributed by atoms with Crippen LogP contribution in [0.5, 0.6) is 5.75 Å². The molecule has 0 aliphatic carbocycles. The number of carbonyl (C=O) groups is 2. The van der Waals surface area contributed by atoms with Gasteiger partial charge in [-0.1, -0.05) is 12.1 Å². The zero-order valence-electron chi connectivity index (χ0n) is 14.9. The van der Waals surface area contributed by atoms with Crippen molar-refractivity contribution in [2.24, 2.45) is 0 Å².